The number of nitrogens with one attached hydrogen (secondary N) is 1. The van der Waals surface area contributed by atoms with Crippen LogP contribution in [0.3, 0.4) is 0 Å². The van der Waals surface area contributed by atoms with Crippen molar-refractivity contribution >= 4 is 49.7 Å². The Bertz CT molecular complexity index is 1420. The van der Waals surface area contributed by atoms with Gasteiger partial charge in [0.1, 0.15) is 18.5 Å². The van der Waals surface area contributed by atoms with Crippen molar-refractivity contribution in [2.24, 2.45) is 0 Å². The van der Waals surface area contributed by atoms with Crippen molar-refractivity contribution in [2.45, 2.75) is 12.1 Å². The molecule has 2 aliphatic heterocycles. The van der Waals surface area contributed by atoms with Gasteiger partial charge >= 0.3 is 0 Å². The molecule has 0 spiro atoms. The summed E-state index contributed by atoms with van der Waals surface area (Å²) >= 11 is 1.68. The largest absolute Gasteiger partial charge is 0.488 e. The molecule has 0 unspecified atom stereocenters. The lowest BCUT2D eigenvalue weighted by molar-refractivity contribution is -0.105. The van der Waals surface area contributed by atoms with Gasteiger partial charge < -0.3 is 25.5 Å². The number of hydrogen-bond donors (Lipinski definition) is 2. The number of fused-ring (bicyclic) bond motifs is 1. The summed E-state index contributed by atoms with van der Waals surface area (Å²) in [4.78, 5) is 14.7. The highest BCUT2D eigenvalue weighted by atomic mass is 127. The van der Waals surface area contributed by atoms with E-state index in [1.54, 1.807) is 57.8 Å². The van der Waals surface area contributed by atoms with Crippen molar-refractivity contribution in [1.82, 2.24) is 4.90 Å². The molecular formula is C28H24F3IN4O3. The molecule has 2 aliphatic rings. The lowest BCUT2D eigenvalue weighted by atomic mass is 10.00. The summed E-state index contributed by atoms with van der Waals surface area (Å²) < 4.78 is 55.9. The minimum Gasteiger partial charge on any atom is -0.488 e. The molecular weight excluding hydrogens is 624 g/mol. The van der Waals surface area contributed by atoms with E-state index in [1.807, 2.05) is 4.90 Å². The van der Waals surface area contributed by atoms with Gasteiger partial charge in [-0.05, 0) is 35.9 Å². The van der Waals surface area contributed by atoms with E-state index in [-0.39, 0.29) is 16.1 Å². The number of likely N-dealkylation sites (tertiary alicyclic amines) is 1. The van der Waals surface area contributed by atoms with E-state index in [9.17, 15) is 9.18 Å². The Labute approximate surface area is 236 Å². The van der Waals surface area contributed by atoms with Gasteiger partial charge in [-0.3, -0.25) is 9.69 Å². The average Bonchev–Trinajstić information content (AvgIpc) is 2.88. The van der Waals surface area contributed by atoms with Crippen LogP contribution < -0.4 is 20.1 Å². The predicted molar refractivity (Wildman–Crippen MR) is 151 cm³/mol. The Morgan fingerprint density at radius 3 is 2.46 bits per heavy atom. The topological polar surface area (TPSA) is 91.9 Å². The summed E-state index contributed by atoms with van der Waals surface area (Å²) in [5.74, 6) is -2.30. The zero-order valence-corrected chi connectivity index (χ0v) is 22.7. The van der Waals surface area contributed by atoms with E-state index >= 15 is 8.78 Å². The van der Waals surface area contributed by atoms with Crippen molar-refractivity contribution in [3.05, 3.63) is 89.3 Å². The number of nitrogen functional groups attached to an aromatic ring is 1. The molecule has 1 saturated heterocycles. The maximum atomic E-state index is 15.4. The van der Waals surface area contributed by atoms with E-state index < -0.39 is 35.3 Å². The van der Waals surface area contributed by atoms with Gasteiger partial charge in [-0.25, -0.2) is 13.2 Å². The van der Waals surface area contributed by atoms with Crippen LogP contribution in [-0.2, 0) is 4.79 Å². The number of ether oxygens (including phenoxy) is 2. The van der Waals surface area contributed by atoms with E-state index in [4.69, 9.17) is 20.6 Å². The van der Waals surface area contributed by atoms with Gasteiger partial charge in [0.2, 0.25) is 3.79 Å². The van der Waals surface area contributed by atoms with Crippen LogP contribution in [0.5, 0.6) is 11.5 Å². The fourth-order valence-electron chi connectivity index (χ4n) is 4.75. The number of carbonyl (C=O) groups excluding carboxylic acids is 1. The highest BCUT2D eigenvalue weighted by molar-refractivity contribution is 14.1. The third-order valence-corrected chi connectivity index (χ3v) is 7.01. The molecule has 3 aromatic rings. The van der Waals surface area contributed by atoms with Crippen LogP contribution in [-0.4, -0.2) is 47.2 Å². The normalized spacial score (nSPS) is 17.4. The van der Waals surface area contributed by atoms with E-state index in [0.717, 1.165) is 6.21 Å². The van der Waals surface area contributed by atoms with Crippen molar-refractivity contribution in [3.8, 4) is 11.5 Å². The van der Waals surface area contributed by atoms with Crippen LogP contribution in [0.4, 0.5) is 30.2 Å². The quantitative estimate of drug-likeness (QED) is 0.110. The second-order valence-electron chi connectivity index (χ2n) is 9.21. The third kappa shape index (κ3) is 5.59. The third-order valence-electron chi connectivity index (χ3n) is 6.65. The molecule has 0 amide bonds. The van der Waals surface area contributed by atoms with E-state index in [1.165, 1.54) is 30.3 Å². The van der Waals surface area contributed by atoms with Crippen molar-refractivity contribution in [2.75, 3.05) is 36.9 Å². The van der Waals surface area contributed by atoms with Crippen LogP contribution in [0.15, 0.2) is 60.7 Å². The molecule has 7 nitrogen and oxygen atoms in total. The molecule has 3 aromatic carbocycles. The molecule has 2 heterocycles. The maximum Gasteiger partial charge on any atom is 0.214 e. The first-order valence-electron chi connectivity index (χ1n) is 12.1. The van der Waals surface area contributed by atoms with Gasteiger partial charge in [0, 0.05) is 71.9 Å². The number of carbonyl (C=O) groups is 1. The van der Waals surface area contributed by atoms with Crippen molar-refractivity contribution in [1.29, 1.82) is 5.41 Å². The van der Waals surface area contributed by atoms with Gasteiger partial charge in [0.15, 0.2) is 23.1 Å². The molecule has 202 valence electrons. The number of halogens is 4. The molecule has 0 saturated carbocycles. The Hall–Kier alpha value is -3.58. The number of anilines is 3. The molecule has 0 radical (unpaired) electrons. The summed E-state index contributed by atoms with van der Waals surface area (Å²) in [6, 6.07) is 10.9. The lowest BCUT2D eigenvalue weighted by Gasteiger charge is -2.40. The SMILES string of the molecule is N=Cc1c(N)ccc2c1OC[C@@H](c1ccc(F)cc1)N2c1cc(F)c(OC2CN(C/C=C/C(=O)I)C2)c(F)c1. The first kappa shape index (κ1) is 27.0. The molecule has 3 N–H and O–H groups in total. The fraction of sp³-hybridized carbons (Fsp3) is 0.214. The van der Waals surface area contributed by atoms with Crippen molar-refractivity contribution < 1.29 is 27.4 Å². The molecule has 39 heavy (non-hydrogen) atoms. The zero-order valence-electron chi connectivity index (χ0n) is 20.5. The molecule has 0 bridgehead atoms. The van der Waals surface area contributed by atoms with Crippen LogP contribution in [0.2, 0.25) is 0 Å². The number of nitrogens with zero attached hydrogens (tertiary/aromatic N) is 2. The number of benzene rings is 3. The van der Waals surface area contributed by atoms with Crippen LogP contribution in [0.1, 0.15) is 17.2 Å². The highest BCUT2D eigenvalue weighted by Gasteiger charge is 2.34. The molecule has 0 aliphatic carbocycles. The lowest BCUT2D eigenvalue weighted by Crippen LogP contribution is -2.53. The minimum absolute atomic E-state index is 0.0694. The number of hydrogen-bond acceptors (Lipinski definition) is 7. The summed E-state index contributed by atoms with van der Waals surface area (Å²) in [5.41, 5.74) is 8.04. The standard InChI is InChI=1S/C28H24F3IN4O3/c29-17-5-3-16(4-6-17)25-15-38-27-20(12-33)23(34)7-8-24(27)36(25)18-10-21(30)28(22(31)11-18)39-19-13-35(14-19)9-1-2-26(32)37/h1-8,10-12,19,25,33H,9,13-15,34H2/b2-1+,33-12?/t25-/m0/s1. The Kier molecular flexibility index (Phi) is 7.80. The second-order valence-corrected chi connectivity index (χ2v) is 10.3. The molecule has 1 atom stereocenters. The first-order chi connectivity index (χ1) is 18.7. The smallest absolute Gasteiger partial charge is 0.214 e. The summed E-state index contributed by atoms with van der Waals surface area (Å²) in [6.07, 6.45) is 3.88. The Morgan fingerprint density at radius 1 is 1.13 bits per heavy atom. The molecule has 0 aromatic heterocycles. The van der Waals surface area contributed by atoms with Gasteiger partial charge in [-0.15, -0.1) is 0 Å². The molecule has 5 rings (SSSR count). The summed E-state index contributed by atoms with van der Waals surface area (Å²) in [5, 5.41) is 7.78. The van der Waals surface area contributed by atoms with Crippen LogP contribution >= 0.6 is 22.6 Å². The van der Waals surface area contributed by atoms with Gasteiger partial charge in [0.05, 0.1) is 17.3 Å². The van der Waals surface area contributed by atoms with Crippen molar-refractivity contribution in [3.63, 3.8) is 0 Å². The highest BCUT2D eigenvalue weighted by Crippen LogP contribution is 2.47. The predicted octanol–water partition coefficient (Wildman–Crippen LogP) is 5.54. The maximum absolute atomic E-state index is 15.4. The monoisotopic (exact) mass is 648 g/mol. The zero-order chi connectivity index (χ0) is 27.7. The van der Waals surface area contributed by atoms with E-state index in [2.05, 4.69) is 0 Å². The fourth-order valence-corrected chi connectivity index (χ4v) is 5.01. The van der Waals surface area contributed by atoms with Crippen LogP contribution in [0, 0.1) is 22.9 Å². The van der Waals surface area contributed by atoms with E-state index in [0.29, 0.717) is 47.9 Å². The average molecular weight is 648 g/mol. The number of nitrogens with two attached hydrogens (primary N) is 1. The number of allylic oxidation sites excluding steroid dienone is 1. The number of rotatable bonds is 8. The summed E-state index contributed by atoms with van der Waals surface area (Å²) in [6.45, 7) is 1.55. The van der Waals surface area contributed by atoms with Gasteiger partial charge in [0.25, 0.3) is 0 Å². The molecule has 1 fully saturated rings. The first-order valence-corrected chi connectivity index (χ1v) is 13.2. The van der Waals surface area contributed by atoms with Gasteiger partial charge in [-0.1, -0.05) is 18.2 Å². The summed E-state index contributed by atoms with van der Waals surface area (Å²) in [7, 11) is 0. The Balaban J connectivity index is 1.45. The van der Waals surface area contributed by atoms with Gasteiger partial charge in [-0.2, -0.15) is 0 Å². The molecule has 11 heteroatoms. The minimum atomic E-state index is -0.868. The van der Waals surface area contributed by atoms with Crippen LogP contribution in [0.25, 0.3) is 0 Å². The Morgan fingerprint density at radius 2 is 1.82 bits per heavy atom. The second kappa shape index (κ2) is 11.3.